The lowest BCUT2D eigenvalue weighted by atomic mass is 9.97. The van der Waals surface area contributed by atoms with E-state index in [0.717, 1.165) is 42.8 Å². The van der Waals surface area contributed by atoms with Crippen LogP contribution in [0, 0.1) is 13.8 Å². The highest BCUT2D eigenvalue weighted by molar-refractivity contribution is 7.18. The molecule has 3 aromatic rings. The van der Waals surface area contributed by atoms with Crippen molar-refractivity contribution < 1.29 is 9.53 Å². The van der Waals surface area contributed by atoms with Gasteiger partial charge in [-0.1, -0.05) is 24.3 Å². The van der Waals surface area contributed by atoms with Crippen LogP contribution in [0.3, 0.4) is 0 Å². The van der Waals surface area contributed by atoms with Crippen molar-refractivity contribution in [2.24, 2.45) is 0 Å². The predicted octanol–water partition coefficient (Wildman–Crippen LogP) is 5.09. The average Bonchev–Trinajstić information content (AvgIpc) is 3.15. The second-order valence-corrected chi connectivity index (χ2v) is 8.64. The van der Waals surface area contributed by atoms with Gasteiger partial charge >= 0.3 is 0 Å². The van der Waals surface area contributed by atoms with Gasteiger partial charge in [-0.2, -0.15) is 0 Å². The van der Waals surface area contributed by atoms with Crippen molar-refractivity contribution >= 4 is 27.5 Å². The average molecular weight is 395 g/mol. The molecule has 0 N–H and O–H groups in total. The zero-order chi connectivity index (χ0) is 19.7. The molecule has 1 fully saturated rings. The Hall–Kier alpha value is -2.40. The van der Waals surface area contributed by atoms with E-state index in [1.165, 1.54) is 15.3 Å². The Balaban J connectivity index is 1.37. The molecule has 0 spiro atoms. The molecule has 2 aromatic carbocycles. The van der Waals surface area contributed by atoms with Crippen LogP contribution >= 0.6 is 11.3 Å². The number of amides is 1. The summed E-state index contributed by atoms with van der Waals surface area (Å²) < 4.78 is 7.23. The topological polar surface area (TPSA) is 42.4 Å². The summed E-state index contributed by atoms with van der Waals surface area (Å²) in [6, 6.07) is 14.3. The molecular formula is C23H26N2O2S. The lowest BCUT2D eigenvalue weighted by Crippen LogP contribution is -2.44. The standard InChI is InChI=1S/C23H26N2O2S/c1-15-7-6-9-20(16(15)2)27-17(3)23(26)25-13-11-18(12-14-25)22-24-19-8-4-5-10-21(19)28-22/h4-10,17-18H,11-14H2,1-3H3/t17-/m0/s1. The largest absolute Gasteiger partial charge is 0.481 e. The molecule has 4 rings (SSSR count). The molecule has 1 atom stereocenters. The Morgan fingerprint density at radius 3 is 2.64 bits per heavy atom. The van der Waals surface area contributed by atoms with E-state index in [4.69, 9.17) is 9.72 Å². The van der Waals surface area contributed by atoms with E-state index in [1.54, 1.807) is 11.3 Å². The maximum Gasteiger partial charge on any atom is 0.263 e. The van der Waals surface area contributed by atoms with Gasteiger partial charge in [0.15, 0.2) is 6.10 Å². The second kappa shape index (κ2) is 7.92. The maximum atomic E-state index is 12.9. The summed E-state index contributed by atoms with van der Waals surface area (Å²) in [6.07, 6.45) is 1.45. The Labute approximate surface area is 170 Å². The Kier molecular flexibility index (Phi) is 5.36. The summed E-state index contributed by atoms with van der Waals surface area (Å²) in [5.41, 5.74) is 3.35. The number of nitrogens with zero attached hydrogens (tertiary/aromatic N) is 2. The molecule has 0 saturated carbocycles. The molecule has 1 aliphatic heterocycles. The number of thiazole rings is 1. The number of hydrogen-bond donors (Lipinski definition) is 0. The molecule has 28 heavy (non-hydrogen) atoms. The lowest BCUT2D eigenvalue weighted by Gasteiger charge is -2.33. The molecule has 5 heteroatoms. The summed E-state index contributed by atoms with van der Waals surface area (Å²) in [4.78, 5) is 19.6. The highest BCUT2D eigenvalue weighted by Gasteiger charge is 2.29. The fourth-order valence-electron chi connectivity index (χ4n) is 3.76. The van der Waals surface area contributed by atoms with Crippen LogP contribution in [0.1, 0.15) is 41.8 Å². The minimum atomic E-state index is -0.473. The molecule has 0 unspecified atom stereocenters. The van der Waals surface area contributed by atoms with Crippen molar-refractivity contribution in [2.45, 2.75) is 45.6 Å². The van der Waals surface area contributed by atoms with Crippen molar-refractivity contribution in [1.82, 2.24) is 9.88 Å². The number of ether oxygens (including phenoxy) is 1. The van der Waals surface area contributed by atoms with Crippen molar-refractivity contribution in [1.29, 1.82) is 0 Å². The van der Waals surface area contributed by atoms with Gasteiger partial charge in [0.05, 0.1) is 15.2 Å². The molecule has 2 heterocycles. The van der Waals surface area contributed by atoms with E-state index in [9.17, 15) is 4.79 Å². The number of fused-ring (bicyclic) bond motifs is 1. The van der Waals surface area contributed by atoms with Gasteiger partial charge < -0.3 is 9.64 Å². The number of hydrogen-bond acceptors (Lipinski definition) is 4. The first kappa shape index (κ1) is 18.9. The number of rotatable bonds is 4. The minimum Gasteiger partial charge on any atom is -0.481 e. The number of piperidine rings is 1. The van der Waals surface area contributed by atoms with E-state index < -0.39 is 6.10 Å². The van der Waals surface area contributed by atoms with Gasteiger partial charge in [-0.15, -0.1) is 11.3 Å². The summed E-state index contributed by atoms with van der Waals surface area (Å²) in [6.45, 7) is 7.47. The van der Waals surface area contributed by atoms with Crippen molar-refractivity contribution in [3.8, 4) is 5.75 Å². The molecule has 1 aliphatic rings. The third kappa shape index (κ3) is 3.76. The fourth-order valence-corrected chi connectivity index (χ4v) is 4.90. The zero-order valence-electron chi connectivity index (χ0n) is 16.6. The first-order valence-electron chi connectivity index (χ1n) is 9.90. The Morgan fingerprint density at radius 1 is 1.14 bits per heavy atom. The summed E-state index contributed by atoms with van der Waals surface area (Å²) in [5.74, 6) is 1.31. The molecule has 4 nitrogen and oxygen atoms in total. The Bertz CT molecular complexity index is 956. The van der Waals surface area contributed by atoms with Gasteiger partial charge in [0.2, 0.25) is 0 Å². The molecule has 1 aromatic heterocycles. The van der Waals surface area contributed by atoms with Crippen molar-refractivity contribution in [2.75, 3.05) is 13.1 Å². The van der Waals surface area contributed by atoms with Gasteiger partial charge in [0, 0.05) is 19.0 Å². The van der Waals surface area contributed by atoms with Gasteiger partial charge in [-0.05, 0) is 62.9 Å². The quantitative estimate of drug-likeness (QED) is 0.619. The first-order chi connectivity index (χ1) is 13.5. The van der Waals surface area contributed by atoms with Gasteiger partial charge in [0.1, 0.15) is 5.75 Å². The number of likely N-dealkylation sites (tertiary alicyclic amines) is 1. The molecular weight excluding hydrogens is 368 g/mol. The van der Waals surface area contributed by atoms with E-state index in [0.29, 0.717) is 5.92 Å². The van der Waals surface area contributed by atoms with Crippen LogP contribution in [-0.4, -0.2) is 35.0 Å². The van der Waals surface area contributed by atoms with Crippen LogP contribution in [0.4, 0.5) is 0 Å². The number of para-hydroxylation sites is 1. The highest BCUT2D eigenvalue weighted by atomic mass is 32.1. The third-order valence-corrected chi connectivity index (χ3v) is 6.87. The van der Waals surface area contributed by atoms with Crippen LogP contribution in [0.15, 0.2) is 42.5 Å². The maximum absolute atomic E-state index is 12.9. The van der Waals surface area contributed by atoms with Crippen molar-refractivity contribution in [3.05, 3.63) is 58.6 Å². The van der Waals surface area contributed by atoms with E-state index in [1.807, 2.05) is 36.9 Å². The zero-order valence-corrected chi connectivity index (χ0v) is 17.5. The molecule has 0 radical (unpaired) electrons. The summed E-state index contributed by atoms with van der Waals surface area (Å²) >= 11 is 1.79. The lowest BCUT2D eigenvalue weighted by molar-refractivity contribution is -0.139. The number of carbonyl (C=O) groups excluding carboxylic acids is 1. The first-order valence-corrected chi connectivity index (χ1v) is 10.7. The van der Waals surface area contributed by atoms with E-state index >= 15 is 0 Å². The molecule has 146 valence electrons. The summed E-state index contributed by atoms with van der Waals surface area (Å²) in [5, 5.41) is 1.20. The number of aromatic nitrogens is 1. The predicted molar refractivity (Wildman–Crippen MR) is 114 cm³/mol. The normalized spacial score (nSPS) is 16.3. The van der Waals surface area contributed by atoms with Crippen LogP contribution in [0.25, 0.3) is 10.2 Å². The number of aryl methyl sites for hydroxylation is 1. The van der Waals surface area contributed by atoms with Gasteiger partial charge in [-0.25, -0.2) is 4.98 Å². The number of benzene rings is 2. The van der Waals surface area contributed by atoms with Crippen LogP contribution in [0.5, 0.6) is 5.75 Å². The van der Waals surface area contributed by atoms with Crippen LogP contribution < -0.4 is 4.74 Å². The van der Waals surface area contributed by atoms with Gasteiger partial charge in [0.25, 0.3) is 5.91 Å². The highest BCUT2D eigenvalue weighted by Crippen LogP contribution is 2.34. The SMILES string of the molecule is Cc1cccc(O[C@@H](C)C(=O)N2CCC(c3nc4ccccc4s3)CC2)c1C. The molecule has 0 aliphatic carbocycles. The minimum absolute atomic E-state index is 0.0728. The van der Waals surface area contributed by atoms with Crippen LogP contribution in [0.2, 0.25) is 0 Å². The molecule has 1 amide bonds. The monoisotopic (exact) mass is 394 g/mol. The molecule has 1 saturated heterocycles. The summed E-state index contributed by atoms with van der Waals surface area (Å²) in [7, 11) is 0. The van der Waals surface area contributed by atoms with E-state index in [2.05, 4.69) is 31.2 Å². The second-order valence-electron chi connectivity index (χ2n) is 7.58. The number of carbonyl (C=O) groups is 1. The van der Waals surface area contributed by atoms with Crippen LogP contribution in [-0.2, 0) is 4.79 Å². The van der Waals surface area contributed by atoms with E-state index in [-0.39, 0.29) is 5.91 Å². The van der Waals surface area contributed by atoms with Gasteiger partial charge in [-0.3, -0.25) is 4.79 Å². The smallest absolute Gasteiger partial charge is 0.263 e. The molecule has 0 bridgehead atoms. The van der Waals surface area contributed by atoms with Crippen molar-refractivity contribution in [3.63, 3.8) is 0 Å². The third-order valence-electron chi connectivity index (χ3n) is 5.67. The fraction of sp³-hybridized carbons (Fsp3) is 0.391. The Morgan fingerprint density at radius 2 is 1.89 bits per heavy atom.